The molecule has 0 N–H and O–H groups in total. The molecule has 41 valence electrons. The normalized spacial score (nSPS) is 18.1. The molecule has 0 saturated heterocycles. The number of allylic oxidation sites excluding steroid dienone is 4. The van der Waals surface area contributed by atoms with Crippen LogP contribution in [0.15, 0.2) is 22.4 Å². The fraction of sp³-hybridized carbons (Fsp3) is 0.333. The predicted molar refractivity (Wildman–Crippen MR) is 27.7 cm³/mol. The molecule has 0 bridgehead atoms. The Morgan fingerprint density at radius 1 is 1.71 bits per heavy atom. The predicted octanol–water partition coefficient (Wildman–Crippen LogP) is 1.96. The molecule has 0 unspecified atom stereocenters. The van der Waals surface area contributed by atoms with Crippen molar-refractivity contribution in [3.63, 3.8) is 0 Å². The number of hydrogen-bond donors (Lipinski definition) is 0. The van der Waals surface area contributed by atoms with Gasteiger partial charge in [-0.3, -0.25) is 0 Å². The van der Waals surface area contributed by atoms with E-state index in [2.05, 4.69) is 23.7 Å². The molecule has 0 amide bonds. The van der Waals surface area contributed by atoms with Crippen LogP contribution in [-0.2, 0) is 17.1 Å². The Bertz CT molecular complexity index is 111. The summed E-state index contributed by atoms with van der Waals surface area (Å²) in [5, 5.41) is 0. The molecule has 0 aromatic heterocycles. The summed E-state index contributed by atoms with van der Waals surface area (Å²) < 4.78 is 1.63. The Kier molecular flexibility index (Phi) is 1.81. The van der Waals surface area contributed by atoms with E-state index in [1.54, 1.807) is 4.17 Å². The van der Waals surface area contributed by atoms with Crippen LogP contribution in [0.3, 0.4) is 0 Å². The van der Waals surface area contributed by atoms with E-state index in [0.717, 1.165) is 0 Å². The minimum absolute atomic E-state index is 0.698. The summed E-state index contributed by atoms with van der Waals surface area (Å²) in [5.41, 5.74) is 2.26. The average molecular weight is 183 g/mol. The van der Waals surface area contributed by atoms with Crippen LogP contribution in [0.1, 0.15) is 6.42 Å². The zero-order chi connectivity index (χ0) is 5.11. The molecule has 1 rings (SSSR count). The van der Waals surface area contributed by atoms with Gasteiger partial charge in [-0.25, -0.2) is 0 Å². The van der Waals surface area contributed by atoms with E-state index in [1.165, 1.54) is 6.42 Å². The summed E-state index contributed by atoms with van der Waals surface area (Å²) >= 11 is 0.698. The summed E-state index contributed by atoms with van der Waals surface area (Å²) in [6, 6.07) is 0. The molecule has 0 nitrogen and oxygen atoms in total. The summed E-state index contributed by atoms with van der Waals surface area (Å²) in [5.74, 6) is 0. The number of rotatable bonds is 1. The summed E-state index contributed by atoms with van der Waals surface area (Å²) in [6.45, 7) is 0. The van der Waals surface area contributed by atoms with Crippen molar-refractivity contribution in [1.29, 1.82) is 0 Å². The minimum atomic E-state index is 0.698. The van der Waals surface area contributed by atoms with Crippen LogP contribution in [-0.4, -0.2) is 0 Å². The molecule has 0 atom stereocenters. The molecule has 0 heterocycles. The first kappa shape index (κ1) is 5.24. The standard InChI is InChI=1S/C5H5.CH3.Rh/c1-2-4-5-3-1;;/h1-3H,4H2;1H3;. The summed E-state index contributed by atoms with van der Waals surface area (Å²) in [6.07, 6.45) is 7.80. The van der Waals surface area contributed by atoms with Crippen molar-refractivity contribution in [3.05, 3.63) is 22.4 Å². The molecule has 0 spiro atoms. The van der Waals surface area contributed by atoms with Crippen LogP contribution in [0.5, 0.6) is 0 Å². The monoisotopic (exact) mass is 183 g/mol. The first-order valence-electron chi connectivity index (χ1n) is 2.22. The van der Waals surface area contributed by atoms with E-state index in [-0.39, 0.29) is 0 Å². The first-order valence-corrected chi connectivity index (χ1v) is 4.68. The van der Waals surface area contributed by atoms with Gasteiger partial charge < -0.3 is 0 Å². The van der Waals surface area contributed by atoms with E-state index in [0.29, 0.717) is 17.1 Å². The first-order chi connectivity index (χ1) is 3.43. The molecular weight excluding hydrogens is 175 g/mol. The van der Waals surface area contributed by atoms with Gasteiger partial charge in [-0.2, -0.15) is 0 Å². The van der Waals surface area contributed by atoms with Crippen LogP contribution in [0.25, 0.3) is 0 Å². The molecule has 1 aliphatic carbocycles. The van der Waals surface area contributed by atoms with Crippen molar-refractivity contribution in [3.8, 4) is 0 Å². The molecular formula is C6H8Rh. The molecule has 0 aliphatic heterocycles. The van der Waals surface area contributed by atoms with Crippen molar-refractivity contribution < 1.29 is 17.1 Å². The molecule has 0 saturated carbocycles. The topological polar surface area (TPSA) is 0 Å². The van der Waals surface area contributed by atoms with E-state index in [4.69, 9.17) is 0 Å². The van der Waals surface area contributed by atoms with Gasteiger partial charge >= 0.3 is 51.5 Å². The van der Waals surface area contributed by atoms with Crippen LogP contribution >= 0.6 is 0 Å². The molecule has 1 heteroatoms. The van der Waals surface area contributed by atoms with Crippen molar-refractivity contribution in [1.82, 2.24) is 0 Å². The van der Waals surface area contributed by atoms with Crippen LogP contribution in [0, 0.1) is 0 Å². The molecule has 7 heavy (non-hydrogen) atoms. The molecule has 0 fully saturated rings. The Morgan fingerprint density at radius 2 is 2.57 bits per heavy atom. The van der Waals surface area contributed by atoms with Crippen LogP contribution < -0.4 is 0 Å². The second-order valence-electron chi connectivity index (χ2n) is 1.38. The molecule has 0 aromatic rings. The van der Waals surface area contributed by atoms with Gasteiger partial charge in [0.1, 0.15) is 0 Å². The third-order valence-corrected chi connectivity index (χ3v) is 2.58. The molecule has 0 radical (unpaired) electrons. The SMILES string of the molecule is [CH3][Rh][C]1=CC=CC1. The van der Waals surface area contributed by atoms with Gasteiger partial charge in [0.05, 0.1) is 0 Å². The third-order valence-electron chi connectivity index (χ3n) is 0.924. The Balaban J connectivity index is 2.45. The zero-order valence-electron chi connectivity index (χ0n) is 4.27. The van der Waals surface area contributed by atoms with Gasteiger partial charge in [-0.15, -0.1) is 0 Å². The fourth-order valence-electron chi connectivity index (χ4n) is 0.535. The van der Waals surface area contributed by atoms with Gasteiger partial charge in [0.2, 0.25) is 0 Å². The second kappa shape index (κ2) is 2.42. The molecule has 1 aliphatic rings. The quantitative estimate of drug-likeness (QED) is 0.545. The summed E-state index contributed by atoms with van der Waals surface area (Å²) in [7, 11) is 0. The molecule has 0 aromatic carbocycles. The summed E-state index contributed by atoms with van der Waals surface area (Å²) in [4.78, 5) is 0. The Labute approximate surface area is 51.9 Å². The number of hydrogen-bond acceptors (Lipinski definition) is 0. The van der Waals surface area contributed by atoms with Crippen molar-refractivity contribution in [2.75, 3.05) is 0 Å². The van der Waals surface area contributed by atoms with Gasteiger partial charge in [0.25, 0.3) is 0 Å². The van der Waals surface area contributed by atoms with Crippen molar-refractivity contribution in [2.24, 2.45) is 0 Å². The van der Waals surface area contributed by atoms with Crippen LogP contribution in [0.2, 0.25) is 5.52 Å². The second-order valence-corrected chi connectivity index (χ2v) is 3.26. The van der Waals surface area contributed by atoms with Crippen LogP contribution in [0.4, 0.5) is 0 Å². The van der Waals surface area contributed by atoms with E-state index < -0.39 is 0 Å². The van der Waals surface area contributed by atoms with E-state index in [9.17, 15) is 0 Å². The Hall–Kier alpha value is 0.103. The van der Waals surface area contributed by atoms with E-state index >= 15 is 0 Å². The van der Waals surface area contributed by atoms with E-state index in [1.807, 2.05) is 0 Å². The maximum absolute atomic E-state index is 2.26. The van der Waals surface area contributed by atoms with Gasteiger partial charge in [0.15, 0.2) is 0 Å². The Morgan fingerprint density at radius 3 is 2.86 bits per heavy atom. The average Bonchev–Trinajstić information content (AvgIpc) is 2.14. The maximum atomic E-state index is 2.26. The third kappa shape index (κ3) is 1.24. The van der Waals surface area contributed by atoms with Crippen molar-refractivity contribution in [2.45, 2.75) is 11.9 Å². The fourth-order valence-corrected chi connectivity index (χ4v) is 1.49. The van der Waals surface area contributed by atoms with Gasteiger partial charge in [0, 0.05) is 0 Å². The van der Waals surface area contributed by atoms with Gasteiger partial charge in [-0.1, -0.05) is 0 Å². The van der Waals surface area contributed by atoms with Gasteiger partial charge in [-0.05, 0) is 0 Å². The zero-order valence-corrected chi connectivity index (χ0v) is 5.91. The van der Waals surface area contributed by atoms with Crippen molar-refractivity contribution >= 4 is 0 Å².